The molecule has 32 heavy (non-hydrogen) atoms. The molecule has 1 amide bonds. The SMILES string of the molecule is COc1ccc(N(CC(=O)NCc2cccc(CN3CCCCC3)c2)S(C)(=O)=O)cc1Cl. The van der Waals surface area contributed by atoms with Crippen molar-refractivity contribution in [2.24, 2.45) is 0 Å². The molecule has 0 aliphatic carbocycles. The van der Waals surface area contributed by atoms with Crippen LogP contribution >= 0.6 is 11.6 Å². The average Bonchev–Trinajstić information content (AvgIpc) is 2.76. The molecule has 0 saturated carbocycles. The molecule has 0 atom stereocenters. The van der Waals surface area contributed by atoms with Crippen molar-refractivity contribution >= 4 is 33.2 Å². The predicted molar refractivity (Wildman–Crippen MR) is 128 cm³/mol. The molecule has 0 radical (unpaired) electrons. The zero-order chi connectivity index (χ0) is 23.1. The summed E-state index contributed by atoms with van der Waals surface area (Å²) in [5.41, 5.74) is 2.49. The van der Waals surface area contributed by atoms with Gasteiger partial charge in [0.25, 0.3) is 0 Å². The number of anilines is 1. The van der Waals surface area contributed by atoms with E-state index in [1.807, 2.05) is 12.1 Å². The van der Waals surface area contributed by atoms with Crippen molar-refractivity contribution in [2.75, 3.05) is 37.3 Å². The van der Waals surface area contributed by atoms with Gasteiger partial charge >= 0.3 is 0 Å². The van der Waals surface area contributed by atoms with Gasteiger partial charge in [-0.3, -0.25) is 14.0 Å². The molecule has 0 unspecified atom stereocenters. The molecule has 1 aliphatic heterocycles. The lowest BCUT2D eigenvalue weighted by atomic mass is 10.1. The van der Waals surface area contributed by atoms with Crippen LogP contribution in [0, 0.1) is 0 Å². The lowest BCUT2D eigenvalue weighted by Gasteiger charge is -2.26. The van der Waals surface area contributed by atoms with Gasteiger partial charge in [0.1, 0.15) is 12.3 Å². The first-order valence-electron chi connectivity index (χ1n) is 10.6. The number of amides is 1. The first-order valence-corrected chi connectivity index (χ1v) is 12.9. The van der Waals surface area contributed by atoms with Crippen molar-refractivity contribution < 1.29 is 17.9 Å². The van der Waals surface area contributed by atoms with Crippen molar-refractivity contribution in [3.05, 3.63) is 58.6 Å². The largest absolute Gasteiger partial charge is 0.495 e. The van der Waals surface area contributed by atoms with E-state index in [9.17, 15) is 13.2 Å². The number of sulfonamides is 1. The van der Waals surface area contributed by atoms with Gasteiger partial charge in [-0.15, -0.1) is 0 Å². The second-order valence-electron chi connectivity index (χ2n) is 8.02. The van der Waals surface area contributed by atoms with Gasteiger partial charge in [-0.05, 0) is 55.3 Å². The monoisotopic (exact) mass is 479 g/mol. The van der Waals surface area contributed by atoms with E-state index in [-0.39, 0.29) is 11.6 Å². The third-order valence-electron chi connectivity index (χ3n) is 5.45. The molecule has 0 bridgehead atoms. The Bertz CT molecular complexity index is 1040. The van der Waals surface area contributed by atoms with Gasteiger partial charge in [0.2, 0.25) is 15.9 Å². The second kappa shape index (κ2) is 11.0. The Hall–Kier alpha value is -2.29. The molecule has 1 saturated heterocycles. The molecule has 3 rings (SSSR count). The zero-order valence-electron chi connectivity index (χ0n) is 18.5. The van der Waals surface area contributed by atoms with Crippen molar-refractivity contribution in [1.29, 1.82) is 0 Å². The number of nitrogens with one attached hydrogen (secondary N) is 1. The quantitative estimate of drug-likeness (QED) is 0.596. The molecule has 9 heteroatoms. The van der Waals surface area contributed by atoms with Crippen LogP contribution in [-0.4, -0.2) is 52.2 Å². The molecule has 7 nitrogen and oxygen atoms in total. The number of carbonyl (C=O) groups is 1. The molecular weight excluding hydrogens is 450 g/mol. The van der Waals surface area contributed by atoms with Crippen LogP contribution in [0.15, 0.2) is 42.5 Å². The summed E-state index contributed by atoms with van der Waals surface area (Å²) in [6.07, 6.45) is 4.84. The van der Waals surface area contributed by atoms with E-state index < -0.39 is 15.9 Å². The van der Waals surface area contributed by atoms with E-state index in [2.05, 4.69) is 22.3 Å². The number of benzene rings is 2. The summed E-state index contributed by atoms with van der Waals surface area (Å²) in [6, 6.07) is 12.7. The number of hydrogen-bond donors (Lipinski definition) is 1. The lowest BCUT2D eigenvalue weighted by Crippen LogP contribution is -2.40. The van der Waals surface area contributed by atoms with Gasteiger partial charge < -0.3 is 10.1 Å². The molecular formula is C23H30ClN3O4S. The fourth-order valence-electron chi connectivity index (χ4n) is 3.81. The van der Waals surface area contributed by atoms with Crippen LogP contribution in [0.25, 0.3) is 0 Å². The lowest BCUT2D eigenvalue weighted by molar-refractivity contribution is -0.119. The Morgan fingerprint density at radius 3 is 2.50 bits per heavy atom. The standard InChI is InChI=1S/C23H30ClN3O4S/c1-31-22-10-9-20(14-21(22)24)27(32(2,29)30)17-23(28)25-15-18-7-6-8-19(13-18)16-26-11-4-3-5-12-26/h6-10,13-14H,3-5,11-12,15-17H2,1-2H3,(H,25,28). The molecule has 1 fully saturated rings. The number of methoxy groups -OCH3 is 1. The molecule has 174 valence electrons. The van der Waals surface area contributed by atoms with Crippen molar-refractivity contribution in [1.82, 2.24) is 10.2 Å². The van der Waals surface area contributed by atoms with Gasteiger partial charge in [0.15, 0.2) is 0 Å². The van der Waals surface area contributed by atoms with Gasteiger partial charge in [-0.1, -0.05) is 42.3 Å². The van der Waals surface area contributed by atoms with Crippen molar-refractivity contribution in [3.8, 4) is 5.75 Å². The molecule has 0 spiro atoms. The van der Waals surface area contributed by atoms with Crippen LogP contribution in [0.5, 0.6) is 5.75 Å². The second-order valence-corrected chi connectivity index (χ2v) is 10.3. The number of likely N-dealkylation sites (tertiary alicyclic amines) is 1. The Balaban J connectivity index is 1.62. The van der Waals surface area contributed by atoms with Crippen LogP contribution < -0.4 is 14.4 Å². The molecule has 1 heterocycles. The third-order valence-corrected chi connectivity index (χ3v) is 6.88. The number of piperidine rings is 1. The van der Waals surface area contributed by atoms with E-state index >= 15 is 0 Å². The van der Waals surface area contributed by atoms with Crippen LogP contribution in [0.4, 0.5) is 5.69 Å². The van der Waals surface area contributed by atoms with Crippen LogP contribution in [-0.2, 0) is 27.9 Å². The highest BCUT2D eigenvalue weighted by Crippen LogP contribution is 2.30. The maximum absolute atomic E-state index is 12.6. The molecule has 2 aromatic carbocycles. The fourth-order valence-corrected chi connectivity index (χ4v) is 4.91. The number of halogens is 1. The first kappa shape index (κ1) is 24.4. The third kappa shape index (κ3) is 6.85. The highest BCUT2D eigenvalue weighted by Gasteiger charge is 2.22. The summed E-state index contributed by atoms with van der Waals surface area (Å²) < 4.78 is 30.8. The van der Waals surface area contributed by atoms with E-state index in [1.54, 1.807) is 12.1 Å². The zero-order valence-corrected chi connectivity index (χ0v) is 20.1. The Kier molecular flexibility index (Phi) is 8.39. The first-order chi connectivity index (χ1) is 15.3. The summed E-state index contributed by atoms with van der Waals surface area (Å²) in [4.78, 5) is 15.0. The summed E-state index contributed by atoms with van der Waals surface area (Å²) in [6.45, 7) is 3.14. The highest BCUT2D eigenvalue weighted by atomic mass is 35.5. The van der Waals surface area contributed by atoms with E-state index in [1.165, 1.54) is 38.0 Å². The average molecular weight is 480 g/mol. The summed E-state index contributed by atoms with van der Waals surface area (Å²) in [5, 5.41) is 3.09. The van der Waals surface area contributed by atoms with E-state index in [0.29, 0.717) is 18.0 Å². The fraction of sp³-hybridized carbons (Fsp3) is 0.435. The van der Waals surface area contributed by atoms with Gasteiger partial charge in [-0.25, -0.2) is 8.42 Å². The summed E-state index contributed by atoms with van der Waals surface area (Å²) in [5.74, 6) is 0.0292. The summed E-state index contributed by atoms with van der Waals surface area (Å²) >= 11 is 6.14. The normalized spacial score (nSPS) is 14.7. The smallest absolute Gasteiger partial charge is 0.241 e. The Morgan fingerprint density at radius 1 is 1.12 bits per heavy atom. The van der Waals surface area contributed by atoms with E-state index in [0.717, 1.165) is 35.8 Å². The molecule has 1 N–H and O–H groups in total. The maximum atomic E-state index is 12.6. The molecule has 0 aromatic heterocycles. The van der Waals surface area contributed by atoms with Crippen molar-refractivity contribution in [3.63, 3.8) is 0 Å². The van der Waals surface area contributed by atoms with Crippen LogP contribution in [0.1, 0.15) is 30.4 Å². The molecule has 2 aromatic rings. The topological polar surface area (TPSA) is 79.0 Å². The minimum Gasteiger partial charge on any atom is -0.495 e. The van der Waals surface area contributed by atoms with Crippen molar-refractivity contribution in [2.45, 2.75) is 32.4 Å². The number of carbonyl (C=O) groups excluding carboxylic acids is 1. The number of rotatable bonds is 9. The van der Waals surface area contributed by atoms with Gasteiger partial charge in [0.05, 0.1) is 24.1 Å². The number of hydrogen-bond acceptors (Lipinski definition) is 5. The Morgan fingerprint density at radius 2 is 1.84 bits per heavy atom. The van der Waals surface area contributed by atoms with Gasteiger partial charge in [-0.2, -0.15) is 0 Å². The van der Waals surface area contributed by atoms with Crippen LogP contribution in [0.2, 0.25) is 5.02 Å². The molecule has 1 aliphatic rings. The minimum atomic E-state index is -3.69. The maximum Gasteiger partial charge on any atom is 0.241 e. The number of nitrogens with zero attached hydrogens (tertiary/aromatic N) is 2. The Labute approximate surface area is 195 Å². The minimum absolute atomic E-state index is 0.268. The predicted octanol–water partition coefficient (Wildman–Crippen LogP) is 3.42. The van der Waals surface area contributed by atoms with E-state index in [4.69, 9.17) is 16.3 Å². The number of ether oxygens (including phenoxy) is 1. The summed E-state index contributed by atoms with van der Waals surface area (Å²) in [7, 11) is -2.21. The van der Waals surface area contributed by atoms with Gasteiger partial charge in [0, 0.05) is 13.1 Å². The van der Waals surface area contributed by atoms with Crippen LogP contribution in [0.3, 0.4) is 0 Å². The highest BCUT2D eigenvalue weighted by molar-refractivity contribution is 7.92.